The van der Waals surface area contributed by atoms with Gasteiger partial charge in [-0.15, -0.1) is 0 Å². The highest BCUT2D eigenvalue weighted by molar-refractivity contribution is 5.86. The Bertz CT molecular complexity index is 552. The third-order valence-corrected chi connectivity index (χ3v) is 1.74. The van der Waals surface area contributed by atoms with Crippen molar-refractivity contribution in [3.63, 3.8) is 0 Å². The van der Waals surface area contributed by atoms with Gasteiger partial charge in [-0.1, -0.05) is 0 Å². The van der Waals surface area contributed by atoms with Crippen LogP contribution in [0.3, 0.4) is 0 Å². The van der Waals surface area contributed by atoms with Crippen LogP contribution in [0, 0.1) is 11.3 Å². The lowest BCUT2D eigenvalue weighted by molar-refractivity contribution is 0.0687. The Morgan fingerprint density at radius 2 is 2.43 bits per heavy atom. The highest BCUT2D eigenvalue weighted by atomic mass is 16.4. The first-order chi connectivity index (χ1) is 6.74. The second kappa shape index (κ2) is 2.81. The third kappa shape index (κ3) is 0.998. The van der Waals surface area contributed by atoms with E-state index in [9.17, 15) is 4.79 Å². The maximum absolute atomic E-state index is 10.7. The molecule has 2 aromatic rings. The molecule has 0 atom stereocenters. The van der Waals surface area contributed by atoms with Crippen LogP contribution in [0.5, 0.6) is 0 Å². The fourth-order valence-electron chi connectivity index (χ4n) is 1.13. The molecule has 0 spiro atoms. The summed E-state index contributed by atoms with van der Waals surface area (Å²) in [5.41, 5.74) is 0.497. The van der Waals surface area contributed by atoms with E-state index in [0.29, 0.717) is 0 Å². The van der Waals surface area contributed by atoms with E-state index >= 15 is 0 Å². The van der Waals surface area contributed by atoms with Crippen LogP contribution in [0.15, 0.2) is 18.5 Å². The Kier molecular flexibility index (Phi) is 1.65. The van der Waals surface area contributed by atoms with Gasteiger partial charge in [-0.25, -0.2) is 14.3 Å². The lowest BCUT2D eigenvalue weighted by Crippen LogP contribution is -2.06. The Morgan fingerprint density at radius 3 is 3.07 bits per heavy atom. The highest BCUT2D eigenvalue weighted by Gasteiger charge is 2.12. The number of carboxylic acids is 1. The molecule has 0 fully saturated rings. The van der Waals surface area contributed by atoms with E-state index < -0.39 is 5.97 Å². The van der Waals surface area contributed by atoms with E-state index in [2.05, 4.69) is 10.1 Å². The van der Waals surface area contributed by atoms with Gasteiger partial charge >= 0.3 is 5.97 Å². The van der Waals surface area contributed by atoms with Gasteiger partial charge in [0.15, 0.2) is 11.3 Å². The average Bonchev–Trinajstić information content (AvgIpc) is 2.59. The predicted molar refractivity (Wildman–Crippen MR) is 44.7 cm³/mol. The molecule has 0 aliphatic carbocycles. The summed E-state index contributed by atoms with van der Waals surface area (Å²) in [5.74, 6) is -1.11. The zero-order chi connectivity index (χ0) is 10.1. The Hall–Kier alpha value is -2.42. The second-order valence-corrected chi connectivity index (χ2v) is 2.54. The first kappa shape index (κ1) is 8.19. The number of hydrogen-bond donors (Lipinski definition) is 1. The minimum atomic E-state index is -1.11. The van der Waals surface area contributed by atoms with Gasteiger partial charge in [-0.05, 0) is 6.07 Å². The number of carbonyl (C=O) groups is 1. The Labute approximate surface area is 78.0 Å². The van der Waals surface area contributed by atoms with Gasteiger partial charge in [0.1, 0.15) is 11.6 Å². The van der Waals surface area contributed by atoms with Crippen molar-refractivity contribution in [2.45, 2.75) is 0 Å². The normalized spacial score (nSPS) is 9.93. The van der Waals surface area contributed by atoms with Crippen LogP contribution in [-0.2, 0) is 0 Å². The third-order valence-electron chi connectivity index (χ3n) is 1.74. The summed E-state index contributed by atoms with van der Waals surface area (Å²) < 4.78 is 1.13. The minimum Gasteiger partial charge on any atom is -0.477 e. The number of nitriles is 1. The first-order valence-corrected chi connectivity index (χ1v) is 3.70. The zero-order valence-corrected chi connectivity index (χ0v) is 6.88. The molecule has 0 aliphatic heterocycles. The molecule has 0 aliphatic rings. The Balaban J connectivity index is 2.85. The molecule has 2 rings (SSSR count). The molecule has 2 heterocycles. The fraction of sp³-hybridized carbons (Fsp3) is 0. The fourth-order valence-corrected chi connectivity index (χ4v) is 1.13. The quantitative estimate of drug-likeness (QED) is 0.694. The van der Waals surface area contributed by atoms with Crippen LogP contribution >= 0.6 is 0 Å². The van der Waals surface area contributed by atoms with Gasteiger partial charge in [0, 0.05) is 6.20 Å². The molecule has 0 saturated carbocycles. The summed E-state index contributed by atoms with van der Waals surface area (Å²) in [4.78, 5) is 14.6. The first-order valence-electron chi connectivity index (χ1n) is 3.70. The summed E-state index contributed by atoms with van der Waals surface area (Å²) in [6, 6.07) is 3.20. The summed E-state index contributed by atoms with van der Waals surface area (Å²) in [6.07, 6.45) is 2.62. The van der Waals surface area contributed by atoms with E-state index in [-0.39, 0.29) is 16.9 Å². The van der Waals surface area contributed by atoms with Crippen molar-refractivity contribution in [3.8, 4) is 6.07 Å². The predicted octanol–water partition coefficient (Wildman–Crippen LogP) is 0.299. The number of aromatic nitrogens is 3. The van der Waals surface area contributed by atoms with Crippen LogP contribution in [0.1, 0.15) is 16.1 Å². The van der Waals surface area contributed by atoms with E-state index in [1.165, 1.54) is 18.5 Å². The SMILES string of the molecule is N#Cc1cnn2c(C(=O)O)ccnc12. The van der Waals surface area contributed by atoms with Crippen molar-refractivity contribution in [1.29, 1.82) is 5.26 Å². The molecule has 0 radical (unpaired) electrons. The second-order valence-electron chi connectivity index (χ2n) is 2.54. The average molecular weight is 188 g/mol. The number of hydrogen-bond acceptors (Lipinski definition) is 4. The summed E-state index contributed by atoms with van der Waals surface area (Å²) in [7, 11) is 0. The van der Waals surface area contributed by atoms with Gasteiger partial charge in [0.25, 0.3) is 0 Å². The number of fused-ring (bicyclic) bond motifs is 1. The van der Waals surface area contributed by atoms with Gasteiger partial charge < -0.3 is 5.11 Å². The van der Waals surface area contributed by atoms with Gasteiger partial charge in [-0.3, -0.25) is 0 Å². The molecule has 68 valence electrons. The standard InChI is InChI=1S/C8H4N4O2/c9-3-5-4-11-12-6(8(13)14)1-2-10-7(5)12/h1-2,4H,(H,13,14). The van der Waals surface area contributed by atoms with Crippen molar-refractivity contribution < 1.29 is 9.90 Å². The van der Waals surface area contributed by atoms with Crippen LogP contribution in [0.2, 0.25) is 0 Å². The van der Waals surface area contributed by atoms with Gasteiger partial charge in [0.05, 0.1) is 6.20 Å². The molecule has 0 amide bonds. The number of rotatable bonds is 1. The van der Waals surface area contributed by atoms with Crippen molar-refractivity contribution in [2.24, 2.45) is 0 Å². The molecule has 1 N–H and O–H groups in total. The molecule has 0 saturated heterocycles. The van der Waals surface area contributed by atoms with Crippen molar-refractivity contribution in [2.75, 3.05) is 0 Å². The van der Waals surface area contributed by atoms with Crippen LogP contribution in [0.25, 0.3) is 5.65 Å². The van der Waals surface area contributed by atoms with Crippen molar-refractivity contribution >= 4 is 11.6 Å². The summed E-state index contributed by atoms with van der Waals surface area (Å²) >= 11 is 0. The maximum Gasteiger partial charge on any atom is 0.354 e. The monoisotopic (exact) mass is 188 g/mol. The number of aromatic carboxylic acids is 1. The van der Waals surface area contributed by atoms with Crippen molar-refractivity contribution in [1.82, 2.24) is 14.6 Å². The summed E-state index contributed by atoms with van der Waals surface area (Å²) in [6.45, 7) is 0. The zero-order valence-electron chi connectivity index (χ0n) is 6.88. The smallest absolute Gasteiger partial charge is 0.354 e. The molecular weight excluding hydrogens is 184 g/mol. The van der Waals surface area contributed by atoms with E-state index in [0.717, 1.165) is 4.52 Å². The number of nitrogens with zero attached hydrogens (tertiary/aromatic N) is 4. The minimum absolute atomic E-state index is 0.0171. The molecular formula is C8H4N4O2. The summed E-state index contributed by atoms with van der Waals surface area (Å²) in [5, 5.41) is 21.2. The molecule has 6 heteroatoms. The van der Waals surface area contributed by atoms with E-state index in [1.807, 2.05) is 6.07 Å². The van der Waals surface area contributed by atoms with Crippen LogP contribution in [-0.4, -0.2) is 25.7 Å². The molecule has 14 heavy (non-hydrogen) atoms. The largest absolute Gasteiger partial charge is 0.477 e. The van der Waals surface area contributed by atoms with E-state index in [4.69, 9.17) is 10.4 Å². The Morgan fingerprint density at radius 1 is 1.64 bits per heavy atom. The van der Waals surface area contributed by atoms with Gasteiger partial charge in [-0.2, -0.15) is 10.4 Å². The van der Waals surface area contributed by atoms with Gasteiger partial charge in [0.2, 0.25) is 0 Å². The lowest BCUT2D eigenvalue weighted by atomic mass is 10.3. The lowest BCUT2D eigenvalue weighted by Gasteiger charge is -1.96. The topological polar surface area (TPSA) is 91.3 Å². The molecule has 0 bridgehead atoms. The molecule has 0 aromatic carbocycles. The van der Waals surface area contributed by atoms with Crippen LogP contribution in [0.4, 0.5) is 0 Å². The molecule has 0 unspecified atom stereocenters. The molecule has 2 aromatic heterocycles. The maximum atomic E-state index is 10.7. The van der Waals surface area contributed by atoms with Crippen LogP contribution < -0.4 is 0 Å². The highest BCUT2D eigenvalue weighted by Crippen LogP contribution is 2.08. The molecule has 6 nitrogen and oxygen atoms in total. The van der Waals surface area contributed by atoms with E-state index in [1.54, 1.807) is 0 Å². The number of carboxylic acid groups (broad SMARTS) is 1. The van der Waals surface area contributed by atoms with Crippen molar-refractivity contribution in [3.05, 3.63) is 29.7 Å².